The van der Waals surface area contributed by atoms with Crippen molar-refractivity contribution in [3.8, 4) is 0 Å². The summed E-state index contributed by atoms with van der Waals surface area (Å²) in [7, 11) is 0. The Balaban J connectivity index is 2.81. The van der Waals surface area contributed by atoms with Crippen LogP contribution in [0.15, 0.2) is 12.1 Å². The van der Waals surface area contributed by atoms with Crippen molar-refractivity contribution in [3.05, 3.63) is 28.8 Å². The fraction of sp³-hybridized carbons (Fsp3) is 0.611. The van der Waals surface area contributed by atoms with Gasteiger partial charge in [0.2, 0.25) is 0 Å². The van der Waals surface area contributed by atoms with Crippen molar-refractivity contribution in [2.45, 2.75) is 60.3 Å². The largest absolute Gasteiger partial charge is 0.362 e. The predicted octanol–water partition coefficient (Wildman–Crippen LogP) is 4.84. The first-order valence-electron chi connectivity index (χ1n) is 8.23. The van der Waals surface area contributed by atoms with Crippen LogP contribution in [-0.4, -0.2) is 11.7 Å². The molecule has 0 aromatic heterocycles. The highest BCUT2D eigenvalue weighted by molar-refractivity contribution is 7.80. The highest BCUT2D eigenvalue weighted by atomic mass is 32.1. The van der Waals surface area contributed by atoms with Gasteiger partial charge in [-0.15, -0.1) is 0 Å². The molecule has 0 atom stereocenters. The normalized spacial score (nSPS) is 10.8. The zero-order valence-electron chi connectivity index (χ0n) is 14.2. The zero-order chi connectivity index (χ0) is 15.8. The van der Waals surface area contributed by atoms with Crippen molar-refractivity contribution in [2.75, 3.05) is 11.9 Å². The molecule has 0 saturated heterocycles. The lowest BCUT2D eigenvalue weighted by Gasteiger charge is -2.20. The minimum Gasteiger partial charge on any atom is -0.362 e. The van der Waals surface area contributed by atoms with Gasteiger partial charge in [0, 0.05) is 12.2 Å². The molecule has 0 aliphatic carbocycles. The molecule has 118 valence electrons. The lowest BCUT2D eigenvalue weighted by atomic mass is 9.98. The van der Waals surface area contributed by atoms with Crippen molar-refractivity contribution in [1.29, 1.82) is 0 Å². The zero-order valence-corrected chi connectivity index (χ0v) is 15.0. The SMILES string of the molecule is CCc1ccc(C)c(CC)c1NC(=S)NCC(CC)CC. The predicted molar refractivity (Wildman–Crippen MR) is 98.2 cm³/mol. The van der Waals surface area contributed by atoms with Crippen LogP contribution in [-0.2, 0) is 12.8 Å². The number of benzene rings is 1. The maximum atomic E-state index is 5.49. The van der Waals surface area contributed by atoms with Crippen molar-refractivity contribution < 1.29 is 0 Å². The van der Waals surface area contributed by atoms with Gasteiger partial charge in [0.25, 0.3) is 0 Å². The number of aryl methyl sites for hydroxylation is 2. The third kappa shape index (κ3) is 4.99. The van der Waals surface area contributed by atoms with E-state index in [1.54, 1.807) is 0 Å². The van der Waals surface area contributed by atoms with Gasteiger partial charge in [-0.1, -0.05) is 52.7 Å². The summed E-state index contributed by atoms with van der Waals surface area (Å²) in [6, 6.07) is 4.42. The van der Waals surface area contributed by atoms with Gasteiger partial charge in [-0.25, -0.2) is 0 Å². The van der Waals surface area contributed by atoms with Gasteiger partial charge < -0.3 is 10.6 Å². The van der Waals surface area contributed by atoms with E-state index in [0.717, 1.165) is 24.5 Å². The summed E-state index contributed by atoms with van der Waals surface area (Å²) in [5.74, 6) is 0.693. The fourth-order valence-corrected chi connectivity index (χ4v) is 2.86. The molecule has 0 aliphatic rings. The Hall–Kier alpha value is -1.09. The van der Waals surface area contributed by atoms with E-state index >= 15 is 0 Å². The molecule has 0 aliphatic heterocycles. The summed E-state index contributed by atoms with van der Waals surface area (Å²) >= 11 is 5.49. The van der Waals surface area contributed by atoms with Crippen LogP contribution in [0.25, 0.3) is 0 Å². The van der Waals surface area contributed by atoms with Crippen LogP contribution >= 0.6 is 12.2 Å². The second-order valence-electron chi connectivity index (χ2n) is 5.62. The topological polar surface area (TPSA) is 24.1 Å². The number of hydrogen-bond donors (Lipinski definition) is 2. The third-order valence-electron chi connectivity index (χ3n) is 4.31. The maximum absolute atomic E-state index is 5.49. The molecule has 1 aromatic rings. The van der Waals surface area contributed by atoms with Crippen molar-refractivity contribution in [3.63, 3.8) is 0 Å². The molecule has 0 radical (unpaired) electrons. The summed E-state index contributed by atoms with van der Waals surface area (Å²) in [5.41, 5.74) is 5.26. The summed E-state index contributed by atoms with van der Waals surface area (Å²) < 4.78 is 0. The first-order chi connectivity index (χ1) is 10.1. The highest BCUT2D eigenvalue weighted by Gasteiger charge is 2.11. The number of nitrogens with one attached hydrogen (secondary N) is 2. The van der Waals surface area contributed by atoms with Gasteiger partial charge in [0.05, 0.1) is 0 Å². The molecular weight excluding hydrogens is 276 g/mol. The summed E-state index contributed by atoms with van der Waals surface area (Å²) in [4.78, 5) is 0. The molecule has 0 heterocycles. The summed E-state index contributed by atoms with van der Waals surface area (Å²) in [6.45, 7) is 12.0. The first kappa shape index (κ1) is 18.0. The Morgan fingerprint density at radius 3 is 2.29 bits per heavy atom. The first-order valence-corrected chi connectivity index (χ1v) is 8.64. The highest BCUT2D eigenvalue weighted by Crippen LogP contribution is 2.25. The van der Waals surface area contributed by atoms with Crippen LogP contribution in [0.5, 0.6) is 0 Å². The van der Waals surface area contributed by atoms with Gasteiger partial charge in [-0.2, -0.15) is 0 Å². The van der Waals surface area contributed by atoms with Crippen LogP contribution in [0.3, 0.4) is 0 Å². The van der Waals surface area contributed by atoms with E-state index in [-0.39, 0.29) is 0 Å². The standard InChI is InChI=1S/C18H30N2S/c1-6-14(7-2)12-19-18(21)20-17-15(8-3)11-10-13(5)16(17)9-4/h10-11,14H,6-9,12H2,1-5H3,(H2,19,20,21). The quantitative estimate of drug-likeness (QED) is 0.705. The van der Waals surface area contributed by atoms with E-state index in [4.69, 9.17) is 12.2 Å². The van der Waals surface area contributed by atoms with Crippen LogP contribution in [0, 0.1) is 12.8 Å². The fourth-order valence-electron chi connectivity index (χ4n) is 2.68. The molecule has 3 heteroatoms. The average Bonchev–Trinajstić information content (AvgIpc) is 2.49. The molecule has 0 unspecified atom stereocenters. The van der Waals surface area contributed by atoms with Gasteiger partial charge in [0.15, 0.2) is 5.11 Å². The van der Waals surface area contributed by atoms with Crippen molar-refractivity contribution in [2.24, 2.45) is 5.92 Å². The molecule has 21 heavy (non-hydrogen) atoms. The molecule has 2 N–H and O–H groups in total. The monoisotopic (exact) mass is 306 g/mol. The van der Waals surface area contributed by atoms with Gasteiger partial charge in [0.1, 0.15) is 0 Å². The van der Waals surface area contributed by atoms with Gasteiger partial charge in [-0.05, 0) is 54.6 Å². The Morgan fingerprint density at radius 1 is 1.10 bits per heavy atom. The maximum Gasteiger partial charge on any atom is 0.170 e. The van der Waals surface area contributed by atoms with Crippen LogP contribution < -0.4 is 10.6 Å². The van der Waals surface area contributed by atoms with E-state index in [9.17, 15) is 0 Å². The average molecular weight is 307 g/mol. The van der Waals surface area contributed by atoms with Crippen molar-refractivity contribution >= 4 is 23.0 Å². The molecular formula is C18H30N2S. The third-order valence-corrected chi connectivity index (χ3v) is 4.56. The van der Waals surface area contributed by atoms with Crippen LogP contribution in [0.4, 0.5) is 5.69 Å². The second-order valence-corrected chi connectivity index (χ2v) is 6.03. The van der Waals surface area contributed by atoms with Crippen LogP contribution in [0.1, 0.15) is 57.2 Å². The number of anilines is 1. The minimum absolute atomic E-state index is 0.693. The molecule has 0 saturated carbocycles. The van der Waals surface area contributed by atoms with Gasteiger partial charge in [-0.3, -0.25) is 0 Å². The van der Waals surface area contributed by atoms with E-state index < -0.39 is 0 Å². The van der Waals surface area contributed by atoms with E-state index in [1.165, 1.54) is 35.2 Å². The van der Waals surface area contributed by atoms with E-state index in [1.807, 2.05) is 0 Å². The summed E-state index contributed by atoms with van der Waals surface area (Å²) in [5, 5.41) is 7.57. The molecule has 0 bridgehead atoms. The smallest absolute Gasteiger partial charge is 0.170 e. The minimum atomic E-state index is 0.693. The Bertz CT molecular complexity index is 465. The molecule has 0 fully saturated rings. The van der Waals surface area contributed by atoms with Gasteiger partial charge >= 0.3 is 0 Å². The van der Waals surface area contributed by atoms with E-state index in [2.05, 4.69) is 57.4 Å². The molecule has 1 aromatic carbocycles. The molecule has 0 amide bonds. The molecule has 2 nitrogen and oxygen atoms in total. The Morgan fingerprint density at radius 2 is 1.76 bits per heavy atom. The Kier molecular flexibility index (Phi) is 7.73. The van der Waals surface area contributed by atoms with Crippen molar-refractivity contribution in [1.82, 2.24) is 5.32 Å². The molecule has 0 spiro atoms. The lowest BCUT2D eigenvalue weighted by molar-refractivity contribution is 0.485. The second kappa shape index (κ2) is 9.04. The number of hydrogen-bond acceptors (Lipinski definition) is 1. The number of rotatable bonds is 7. The summed E-state index contributed by atoms with van der Waals surface area (Å²) in [6.07, 6.45) is 4.43. The Labute approximate surface area is 135 Å². The van der Waals surface area contributed by atoms with Crippen LogP contribution in [0.2, 0.25) is 0 Å². The van der Waals surface area contributed by atoms with E-state index in [0.29, 0.717) is 5.92 Å². The lowest BCUT2D eigenvalue weighted by Crippen LogP contribution is -2.33. The number of thiocarbonyl (C=S) groups is 1. The molecule has 1 rings (SSSR count).